The van der Waals surface area contributed by atoms with Crippen LogP contribution in [0.25, 0.3) is 0 Å². The van der Waals surface area contributed by atoms with E-state index < -0.39 is 62.9 Å². The lowest BCUT2D eigenvalue weighted by atomic mass is 9.45. The Hall–Kier alpha value is -3.17. The van der Waals surface area contributed by atoms with Crippen LogP contribution in [0.1, 0.15) is 57.0 Å². The summed E-state index contributed by atoms with van der Waals surface area (Å²) >= 11 is 13.9. The Morgan fingerprint density at radius 1 is 1.19 bits per heavy atom. The van der Waals surface area contributed by atoms with Gasteiger partial charge >= 0.3 is 17.9 Å². The zero-order valence-corrected chi connectivity index (χ0v) is 24.9. The van der Waals surface area contributed by atoms with Gasteiger partial charge in [0, 0.05) is 28.9 Å². The summed E-state index contributed by atoms with van der Waals surface area (Å²) in [5, 5.41) is 9.06. The Balaban J connectivity index is 1.66. The zero-order valence-electron chi connectivity index (χ0n) is 23.4. The monoisotopic (exact) mass is 618 g/mol. The van der Waals surface area contributed by atoms with Gasteiger partial charge in [-0.1, -0.05) is 32.4 Å². The van der Waals surface area contributed by atoms with Crippen LogP contribution < -0.4 is 0 Å². The summed E-state index contributed by atoms with van der Waals surface area (Å²) in [6.07, 6.45) is 8.07. The number of alkyl halides is 2. The van der Waals surface area contributed by atoms with Crippen molar-refractivity contribution in [1.29, 1.82) is 0 Å². The Morgan fingerprint density at radius 2 is 1.93 bits per heavy atom. The fourth-order valence-corrected chi connectivity index (χ4v) is 9.26. The topological polar surface area (TPSA) is 137 Å². The second-order valence-corrected chi connectivity index (χ2v) is 13.0. The van der Waals surface area contributed by atoms with E-state index in [0.717, 1.165) is 11.6 Å². The van der Waals surface area contributed by atoms with Gasteiger partial charge in [-0.3, -0.25) is 9.59 Å². The van der Waals surface area contributed by atoms with E-state index in [9.17, 15) is 24.0 Å². The molecular formula is C31H32Cl2O9. The van der Waals surface area contributed by atoms with E-state index in [4.69, 9.17) is 42.2 Å². The van der Waals surface area contributed by atoms with Gasteiger partial charge in [-0.05, 0) is 61.8 Å². The van der Waals surface area contributed by atoms with Gasteiger partial charge in [0.15, 0.2) is 17.2 Å². The van der Waals surface area contributed by atoms with E-state index in [1.54, 1.807) is 12.2 Å². The number of carbonyl (C=O) groups excluding carboxylic acids is 4. The van der Waals surface area contributed by atoms with Gasteiger partial charge in [0.05, 0.1) is 17.0 Å². The number of furan rings is 1. The molecule has 8 atom stereocenters. The summed E-state index contributed by atoms with van der Waals surface area (Å²) in [5.74, 6) is -5.30. The number of allylic oxidation sites excluding steroid dienone is 4. The number of halogens is 2. The second-order valence-electron chi connectivity index (χ2n) is 12.1. The molecule has 11 heteroatoms. The van der Waals surface area contributed by atoms with E-state index in [1.165, 1.54) is 24.5 Å². The molecule has 0 spiro atoms. The minimum atomic E-state index is -1.70. The number of ether oxygens (including phenoxy) is 2. The summed E-state index contributed by atoms with van der Waals surface area (Å²) in [7, 11) is 0. The van der Waals surface area contributed by atoms with Crippen molar-refractivity contribution in [2.24, 2.45) is 28.6 Å². The molecule has 9 nitrogen and oxygen atoms in total. The van der Waals surface area contributed by atoms with Crippen LogP contribution in [0.2, 0.25) is 0 Å². The third-order valence-corrected chi connectivity index (χ3v) is 11.4. The van der Waals surface area contributed by atoms with Crippen molar-refractivity contribution in [1.82, 2.24) is 0 Å². The SMILES string of the molecule is C[C@@H]1C[C@H]2[C@@H]3CCC4=CC(=O)C=C[C@]4(C)C3(Cl)[C@@H](OC(=O)C=CC(=O)O)C[C@]2(C)[C@@]1(OC(=O)c1ccco1)C(=O)CCl. The standard InChI is InChI=1S/C31H32Cl2O9/c1-17-13-21-20-7-6-18-14-19(34)10-11-28(18,2)30(20,33)24(41-26(38)9-8-25(36)37)15-29(21,3)31(17,23(35)16-32)42-27(39)22-5-4-12-40-22/h4-5,8-12,14,17,20-21,24H,6-7,13,15-16H2,1-3H3,(H,36,37)/t17-,20+,21+,24+,28+,29+,30?,31+/m1/s1. The maximum Gasteiger partial charge on any atom is 0.375 e. The van der Waals surface area contributed by atoms with Crippen LogP contribution >= 0.6 is 23.2 Å². The number of hydrogen-bond acceptors (Lipinski definition) is 8. The van der Waals surface area contributed by atoms with Crippen molar-refractivity contribution >= 4 is 52.7 Å². The molecular weight excluding hydrogens is 587 g/mol. The highest BCUT2D eigenvalue weighted by atomic mass is 35.5. The lowest BCUT2D eigenvalue weighted by Gasteiger charge is -2.64. The number of ketones is 2. The molecule has 42 heavy (non-hydrogen) atoms. The summed E-state index contributed by atoms with van der Waals surface area (Å²) in [5.41, 5.74) is -2.87. The molecule has 4 aliphatic carbocycles. The van der Waals surface area contributed by atoms with Crippen molar-refractivity contribution in [3.8, 4) is 0 Å². The first-order chi connectivity index (χ1) is 19.7. The number of carbonyl (C=O) groups is 5. The van der Waals surface area contributed by atoms with Crippen LogP contribution in [0.5, 0.6) is 0 Å². The summed E-state index contributed by atoms with van der Waals surface area (Å²) in [4.78, 5) is 62.4. The van der Waals surface area contributed by atoms with Crippen LogP contribution in [0.4, 0.5) is 0 Å². The first kappa shape index (κ1) is 30.3. The molecule has 4 aliphatic rings. The summed E-state index contributed by atoms with van der Waals surface area (Å²) in [6.45, 7) is 5.59. The predicted octanol–water partition coefficient (Wildman–Crippen LogP) is 5.06. The van der Waals surface area contributed by atoms with Crippen LogP contribution in [0.15, 0.2) is 58.8 Å². The highest BCUT2D eigenvalue weighted by molar-refractivity contribution is 6.29. The molecule has 0 radical (unpaired) electrons. The van der Waals surface area contributed by atoms with Crippen LogP contribution in [-0.2, 0) is 28.7 Å². The molecule has 1 N–H and O–H groups in total. The van der Waals surface area contributed by atoms with Crippen LogP contribution in [0, 0.1) is 28.6 Å². The van der Waals surface area contributed by atoms with E-state index in [2.05, 4.69) is 0 Å². The van der Waals surface area contributed by atoms with Crippen molar-refractivity contribution in [3.05, 3.63) is 60.1 Å². The van der Waals surface area contributed by atoms with Crippen molar-refractivity contribution in [2.45, 2.75) is 63.0 Å². The number of aliphatic carboxylic acids is 1. The number of esters is 2. The first-order valence-corrected chi connectivity index (χ1v) is 14.8. The minimum absolute atomic E-state index is 0.00732. The van der Waals surface area contributed by atoms with Crippen molar-refractivity contribution in [3.63, 3.8) is 0 Å². The zero-order chi connectivity index (χ0) is 30.7. The predicted molar refractivity (Wildman–Crippen MR) is 151 cm³/mol. The van der Waals surface area contributed by atoms with Gasteiger partial charge in [-0.25, -0.2) is 14.4 Å². The third-order valence-electron chi connectivity index (χ3n) is 10.3. The van der Waals surface area contributed by atoms with Crippen LogP contribution in [0.3, 0.4) is 0 Å². The molecule has 224 valence electrons. The number of Topliss-reactive ketones (excluding diaryl/α,β-unsaturated/α-hetero) is 1. The maximum absolute atomic E-state index is 13.9. The first-order valence-electron chi connectivity index (χ1n) is 13.9. The largest absolute Gasteiger partial charge is 0.478 e. The Morgan fingerprint density at radius 3 is 2.57 bits per heavy atom. The summed E-state index contributed by atoms with van der Waals surface area (Å²) < 4.78 is 17.4. The average Bonchev–Trinajstić information content (AvgIpc) is 3.55. The Labute approximate surface area is 252 Å². The van der Waals surface area contributed by atoms with Crippen LogP contribution in [-0.4, -0.2) is 57.0 Å². The average molecular weight is 619 g/mol. The number of rotatable bonds is 7. The minimum Gasteiger partial charge on any atom is -0.478 e. The lowest BCUT2D eigenvalue weighted by molar-refractivity contribution is -0.187. The molecule has 0 bridgehead atoms. The highest BCUT2D eigenvalue weighted by Crippen LogP contribution is 2.72. The molecule has 0 amide bonds. The summed E-state index contributed by atoms with van der Waals surface area (Å²) in [6, 6.07) is 2.98. The molecule has 5 rings (SSSR count). The fourth-order valence-electron chi connectivity index (χ4n) is 8.50. The molecule has 0 saturated heterocycles. The normalized spacial score (nSPS) is 38.7. The molecule has 1 aromatic heterocycles. The fraction of sp³-hybridized carbons (Fsp3) is 0.516. The number of hydrogen-bond donors (Lipinski definition) is 1. The smallest absolute Gasteiger partial charge is 0.375 e. The number of fused-ring (bicyclic) bond motifs is 5. The number of carboxylic acids is 1. The molecule has 1 unspecified atom stereocenters. The molecule has 1 heterocycles. The van der Waals surface area contributed by atoms with Gasteiger partial charge in [-0.15, -0.1) is 23.2 Å². The van der Waals surface area contributed by atoms with E-state index >= 15 is 0 Å². The molecule has 3 fully saturated rings. The van der Waals surface area contributed by atoms with E-state index in [-0.39, 0.29) is 29.8 Å². The third kappa shape index (κ3) is 4.22. The van der Waals surface area contributed by atoms with Gasteiger partial charge in [0.2, 0.25) is 5.76 Å². The molecule has 0 aliphatic heterocycles. The second kappa shape index (κ2) is 10.5. The van der Waals surface area contributed by atoms with Gasteiger partial charge in [-0.2, -0.15) is 0 Å². The Kier molecular flexibility index (Phi) is 7.59. The molecule has 1 aromatic rings. The molecule has 0 aromatic carbocycles. The quantitative estimate of drug-likeness (QED) is 0.252. The highest BCUT2D eigenvalue weighted by Gasteiger charge is 2.77. The number of carboxylic acid groups (broad SMARTS) is 1. The molecule has 3 saturated carbocycles. The van der Waals surface area contributed by atoms with Gasteiger partial charge in [0.1, 0.15) is 6.10 Å². The lowest BCUT2D eigenvalue weighted by Crippen LogP contribution is -2.70. The van der Waals surface area contributed by atoms with Gasteiger partial charge in [0.25, 0.3) is 0 Å². The van der Waals surface area contributed by atoms with Gasteiger partial charge < -0.3 is 19.0 Å². The maximum atomic E-state index is 13.9. The van der Waals surface area contributed by atoms with Crippen molar-refractivity contribution in [2.75, 3.05) is 5.88 Å². The Bertz CT molecular complexity index is 1430. The van der Waals surface area contributed by atoms with E-state index in [0.29, 0.717) is 25.3 Å². The van der Waals surface area contributed by atoms with Crippen molar-refractivity contribution < 1.29 is 43.0 Å². The van der Waals surface area contributed by atoms with E-state index in [1.807, 2.05) is 20.8 Å².